The Kier molecular flexibility index (Phi) is 4.20. The summed E-state index contributed by atoms with van der Waals surface area (Å²) in [5, 5.41) is 11.1. The Morgan fingerprint density at radius 1 is 1.20 bits per heavy atom. The molecular formula is C16H15ClO2S. The highest BCUT2D eigenvalue weighted by atomic mass is 35.5. The number of thioether (sulfide) groups is 1. The third kappa shape index (κ3) is 2.95. The van der Waals surface area contributed by atoms with Crippen LogP contribution in [0.15, 0.2) is 53.4 Å². The molecule has 1 N–H and O–H groups in total. The molecule has 1 aliphatic heterocycles. The average molecular weight is 307 g/mol. The molecule has 2 atom stereocenters. The van der Waals surface area contributed by atoms with Gasteiger partial charge in [-0.05, 0) is 23.8 Å². The summed E-state index contributed by atoms with van der Waals surface area (Å²) in [6.07, 6.45) is -0.255. The van der Waals surface area contributed by atoms with E-state index in [9.17, 15) is 5.11 Å². The predicted octanol–water partition coefficient (Wildman–Crippen LogP) is 3.80. The molecule has 3 rings (SSSR count). The Morgan fingerprint density at radius 3 is 2.80 bits per heavy atom. The van der Waals surface area contributed by atoms with Crippen molar-refractivity contribution in [2.75, 3.05) is 5.75 Å². The number of hydrogen-bond acceptors (Lipinski definition) is 3. The van der Waals surface area contributed by atoms with E-state index in [0.717, 1.165) is 22.0 Å². The van der Waals surface area contributed by atoms with Crippen molar-refractivity contribution in [1.82, 2.24) is 0 Å². The van der Waals surface area contributed by atoms with E-state index in [4.69, 9.17) is 16.3 Å². The molecule has 2 aromatic rings. The summed E-state index contributed by atoms with van der Waals surface area (Å²) in [6, 6.07) is 15.5. The average Bonchev–Trinajstić information content (AvgIpc) is 2.49. The summed E-state index contributed by atoms with van der Waals surface area (Å²) >= 11 is 7.85. The standard InChI is InChI=1S/C16H15ClO2S/c17-12-6-2-1-5-11(12)9-13(18)15-10-20-16-8-4-3-7-14(16)19-15/h1-8,13,15,18H,9-10H2. The van der Waals surface area contributed by atoms with E-state index in [2.05, 4.69) is 0 Å². The van der Waals surface area contributed by atoms with Gasteiger partial charge in [0, 0.05) is 22.1 Å². The second-order valence-electron chi connectivity index (χ2n) is 4.78. The van der Waals surface area contributed by atoms with Crippen molar-refractivity contribution in [2.45, 2.75) is 23.5 Å². The van der Waals surface area contributed by atoms with Crippen LogP contribution in [0.5, 0.6) is 5.75 Å². The first-order valence-corrected chi connectivity index (χ1v) is 7.90. The molecule has 104 valence electrons. The van der Waals surface area contributed by atoms with Gasteiger partial charge in [-0.3, -0.25) is 0 Å². The van der Waals surface area contributed by atoms with Crippen molar-refractivity contribution in [3.05, 3.63) is 59.1 Å². The van der Waals surface area contributed by atoms with Gasteiger partial charge in [-0.25, -0.2) is 0 Å². The number of aliphatic hydroxyl groups is 1. The molecule has 2 unspecified atom stereocenters. The normalized spacial score (nSPS) is 19.0. The maximum Gasteiger partial charge on any atom is 0.134 e. The number of para-hydroxylation sites is 1. The first-order valence-electron chi connectivity index (χ1n) is 6.54. The number of aliphatic hydroxyl groups excluding tert-OH is 1. The lowest BCUT2D eigenvalue weighted by molar-refractivity contribution is 0.0469. The Bertz CT molecular complexity index is 603. The topological polar surface area (TPSA) is 29.5 Å². The van der Waals surface area contributed by atoms with Crippen molar-refractivity contribution in [2.24, 2.45) is 0 Å². The van der Waals surface area contributed by atoms with E-state index in [1.807, 2.05) is 48.5 Å². The minimum absolute atomic E-state index is 0.203. The van der Waals surface area contributed by atoms with E-state index in [0.29, 0.717) is 11.4 Å². The van der Waals surface area contributed by atoms with Crippen LogP contribution in [0.1, 0.15) is 5.56 Å². The Labute approximate surface area is 127 Å². The molecule has 20 heavy (non-hydrogen) atoms. The Balaban J connectivity index is 1.70. The Hall–Kier alpha value is -1.16. The van der Waals surface area contributed by atoms with Gasteiger partial charge in [-0.2, -0.15) is 0 Å². The fraction of sp³-hybridized carbons (Fsp3) is 0.250. The van der Waals surface area contributed by atoms with Gasteiger partial charge in [-0.15, -0.1) is 11.8 Å². The van der Waals surface area contributed by atoms with Gasteiger partial charge in [0.2, 0.25) is 0 Å². The first kappa shape index (κ1) is 13.8. The van der Waals surface area contributed by atoms with Crippen molar-refractivity contribution < 1.29 is 9.84 Å². The van der Waals surface area contributed by atoms with Crippen LogP contribution < -0.4 is 4.74 Å². The highest BCUT2D eigenvalue weighted by Crippen LogP contribution is 2.36. The van der Waals surface area contributed by atoms with E-state index in [1.54, 1.807) is 11.8 Å². The van der Waals surface area contributed by atoms with Gasteiger partial charge in [0.1, 0.15) is 11.9 Å². The van der Waals surface area contributed by atoms with Crippen molar-refractivity contribution in [3.63, 3.8) is 0 Å². The fourth-order valence-electron chi connectivity index (χ4n) is 2.25. The number of benzene rings is 2. The highest BCUT2D eigenvalue weighted by molar-refractivity contribution is 7.99. The molecule has 1 aliphatic rings. The lowest BCUT2D eigenvalue weighted by Crippen LogP contribution is -2.37. The van der Waals surface area contributed by atoms with Crippen LogP contribution in [-0.2, 0) is 6.42 Å². The zero-order chi connectivity index (χ0) is 13.9. The number of rotatable bonds is 3. The molecule has 0 amide bonds. The van der Waals surface area contributed by atoms with Crippen LogP contribution in [0.25, 0.3) is 0 Å². The molecule has 0 radical (unpaired) electrons. The zero-order valence-corrected chi connectivity index (χ0v) is 12.4. The van der Waals surface area contributed by atoms with Gasteiger partial charge in [0.15, 0.2) is 0 Å². The molecule has 2 aromatic carbocycles. The second kappa shape index (κ2) is 6.08. The lowest BCUT2D eigenvalue weighted by Gasteiger charge is -2.29. The molecule has 0 aliphatic carbocycles. The molecule has 1 heterocycles. The maximum absolute atomic E-state index is 10.4. The molecule has 0 saturated heterocycles. The Morgan fingerprint density at radius 2 is 1.95 bits per heavy atom. The predicted molar refractivity (Wildman–Crippen MR) is 82.7 cm³/mol. The van der Waals surface area contributed by atoms with Gasteiger partial charge in [0.05, 0.1) is 6.10 Å². The SMILES string of the molecule is OC(Cc1ccccc1Cl)C1CSc2ccccc2O1. The van der Waals surface area contributed by atoms with Crippen molar-refractivity contribution in [1.29, 1.82) is 0 Å². The highest BCUT2D eigenvalue weighted by Gasteiger charge is 2.27. The van der Waals surface area contributed by atoms with Crippen LogP contribution in [0, 0.1) is 0 Å². The van der Waals surface area contributed by atoms with Crippen molar-refractivity contribution in [3.8, 4) is 5.75 Å². The number of ether oxygens (including phenoxy) is 1. The van der Waals surface area contributed by atoms with E-state index < -0.39 is 6.10 Å². The summed E-state index contributed by atoms with van der Waals surface area (Å²) in [5.41, 5.74) is 0.953. The van der Waals surface area contributed by atoms with Crippen molar-refractivity contribution >= 4 is 23.4 Å². The van der Waals surface area contributed by atoms with Crippen LogP contribution >= 0.6 is 23.4 Å². The maximum atomic E-state index is 10.4. The summed E-state index contributed by atoms with van der Waals surface area (Å²) in [4.78, 5) is 1.13. The zero-order valence-electron chi connectivity index (χ0n) is 10.8. The minimum atomic E-state index is -0.559. The minimum Gasteiger partial charge on any atom is -0.486 e. The quantitative estimate of drug-likeness (QED) is 0.935. The van der Waals surface area contributed by atoms with Crippen LogP contribution in [0.4, 0.5) is 0 Å². The monoisotopic (exact) mass is 306 g/mol. The van der Waals surface area contributed by atoms with Crippen LogP contribution in [0.2, 0.25) is 5.02 Å². The molecule has 0 fully saturated rings. The second-order valence-corrected chi connectivity index (χ2v) is 6.25. The van der Waals surface area contributed by atoms with Crippen LogP contribution in [-0.4, -0.2) is 23.1 Å². The fourth-order valence-corrected chi connectivity index (χ4v) is 3.53. The third-order valence-electron chi connectivity index (χ3n) is 3.35. The largest absolute Gasteiger partial charge is 0.486 e. The third-order valence-corrected chi connectivity index (χ3v) is 4.86. The van der Waals surface area contributed by atoms with Gasteiger partial charge in [-0.1, -0.05) is 41.9 Å². The van der Waals surface area contributed by atoms with Gasteiger partial charge >= 0.3 is 0 Å². The lowest BCUT2D eigenvalue weighted by atomic mass is 10.0. The molecule has 0 spiro atoms. The number of hydrogen-bond donors (Lipinski definition) is 1. The summed E-state index contributed by atoms with van der Waals surface area (Å²) in [7, 11) is 0. The number of halogens is 1. The molecule has 0 aromatic heterocycles. The van der Waals surface area contributed by atoms with E-state index in [1.165, 1.54) is 0 Å². The van der Waals surface area contributed by atoms with Crippen LogP contribution in [0.3, 0.4) is 0 Å². The smallest absolute Gasteiger partial charge is 0.134 e. The summed E-state index contributed by atoms with van der Waals surface area (Å²) < 4.78 is 5.89. The molecule has 0 saturated carbocycles. The molecular weight excluding hydrogens is 292 g/mol. The molecule has 4 heteroatoms. The molecule has 2 nitrogen and oxygen atoms in total. The number of fused-ring (bicyclic) bond motifs is 1. The molecule has 0 bridgehead atoms. The summed E-state index contributed by atoms with van der Waals surface area (Å²) in [5.74, 6) is 1.61. The van der Waals surface area contributed by atoms with Gasteiger partial charge in [0.25, 0.3) is 0 Å². The summed E-state index contributed by atoms with van der Waals surface area (Å²) in [6.45, 7) is 0. The first-order chi connectivity index (χ1) is 9.74. The van der Waals surface area contributed by atoms with E-state index in [-0.39, 0.29) is 6.10 Å². The van der Waals surface area contributed by atoms with E-state index >= 15 is 0 Å². The van der Waals surface area contributed by atoms with Gasteiger partial charge < -0.3 is 9.84 Å².